The second kappa shape index (κ2) is 6.24. The molecule has 4 heteroatoms. The van der Waals surface area contributed by atoms with Crippen molar-refractivity contribution in [2.24, 2.45) is 0 Å². The number of nitrogens with one attached hydrogen (secondary N) is 1. The van der Waals surface area contributed by atoms with Crippen LogP contribution in [-0.4, -0.2) is 4.98 Å². The van der Waals surface area contributed by atoms with Gasteiger partial charge in [0, 0.05) is 11.4 Å². The highest BCUT2D eigenvalue weighted by atomic mass is 32.1. The molecule has 0 amide bonds. The molecule has 1 N–H and O–H groups in total. The Balaban J connectivity index is 1.63. The third-order valence-electron chi connectivity index (χ3n) is 3.35. The maximum absolute atomic E-state index is 5.54. The second-order valence-electron chi connectivity index (χ2n) is 5.08. The molecule has 21 heavy (non-hydrogen) atoms. The minimum absolute atomic E-state index is 0.112. The van der Waals surface area contributed by atoms with Crippen molar-refractivity contribution in [2.75, 3.05) is 0 Å². The van der Waals surface area contributed by atoms with Crippen molar-refractivity contribution in [3.8, 4) is 11.1 Å². The molecule has 0 fully saturated rings. The molecule has 0 aliphatic carbocycles. The number of oxazole rings is 1. The Labute approximate surface area is 128 Å². The summed E-state index contributed by atoms with van der Waals surface area (Å²) >= 11 is 1.77. The average Bonchev–Trinajstić information content (AvgIpc) is 3.15. The molecule has 0 saturated carbocycles. The Kier molecular flexibility index (Phi) is 4.18. The van der Waals surface area contributed by atoms with Crippen molar-refractivity contribution in [1.82, 2.24) is 10.3 Å². The quantitative estimate of drug-likeness (QED) is 0.750. The molecular weight excluding hydrogens is 280 g/mol. The zero-order chi connectivity index (χ0) is 14.7. The van der Waals surface area contributed by atoms with Gasteiger partial charge in [0.1, 0.15) is 5.76 Å². The largest absolute Gasteiger partial charge is 0.444 e. The van der Waals surface area contributed by atoms with Gasteiger partial charge in [-0.15, -0.1) is 11.3 Å². The van der Waals surface area contributed by atoms with Crippen LogP contribution >= 0.6 is 11.3 Å². The third-order valence-corrected chi connectivity index (χ3v) is 4.29. The van der Waals surface area contributed by atoms with Crippen LogP contribution in [0.15, 0.2) is 52.4 Å². The van der Waals surface area contributed by atoms with Gasteiger partial charge in [-0.05, 0) is 36.4 Å². The smallest absolute Gasteiger partial charge is 0.211 e. The molecule has 3 nitrogen and oxygen atoms in total. The van der Waals surface area contributed by atoms with Crippen LogP contribution < -0.4 is 5.32 Å². The van der Waals surface area contributed by atoms with E-state index in [0.717, 1.165) is 18.2 Å². The SMILES string of the molecule is Cc1cnc(C(C)NCc2cc(-c3ccccc3)cs2)o1. The van der Waals surface area contributed by atoms with Crippen LogP contribution in [0.2, 0.25) is 0 Å². The summed E-state index contributed by atoms with van der Waals surface area (Å²) in [6, 6.07) is 12.8. The lowest BCUT2D eigenvalue weighted by Gasteiger charge is -2.08. The molecule has 0 aliphatic rings. The minimum atomic E-state index is 0.112. The van der Waals surface area contributed by atoms with Gasteiger partial charge in [0.25, 0.3) is 0 Å². The van der Waals surface area contributed by atoms with Gasteiger partial charge in [0.2, 0.25) is 5.89 Å². The average molecular weight is 298 g/mol. The summed E-state index contributed by atoms with van der Waals surface area (Å²) in [5.41, 5.74) is 2.54. The Morgan fingerprint density at radius 3 is 2.76 bits per heavy atom. The van der Waals surface area contributed by atoms with Crippen molar-refractivity contribution in [1.29, 1.82) is 0 Å². The first-order valence-electron chi connectivity index (χ1n) is 7.01. The number of rotatable bonds is 5. The first kappa shape index (κ1) is 14.0. The third kappa shape index (κ3) is 3.40. The van der Waals surface area contributed by atoms with E-state index in [2.05, 4.69) is 52.9 Å². The van der Waals surface area contributed by atoms with Gasteiger partial charge in [0.05, 0.1) is 12.2 Å². The lowest BCUT2D eigenvalue weighted by atomic mass is 10.1. The molecule has 0 bridgehead atoms. The highest BCUT2D eigenvalue weighted by Gasteiger charge is 2.11. The number of hydrogen-bond acceptors (Lipinski definition) is 4. The molecule has 0 saturated heterocycles. The highest BCUT2D eigenvalue weighted by Crippen LogP contribution is 2.25. The molecular formula is C17H18N2OS. The summed E-state index contributed by atoms with van der Waals surface area (Å²) in [7, 11) is 0. The van der Waals surface area contributed by atoms with E-state index < -0.39 is 0 Å². The summed E-state index contributed by atoms with van der Waals surface area (Å²) < 4.78 is 5.54. The predicted molar refractivity (Wildman–Crippen MR) is 86.2 cm³/mol. The summed E-state index contributed by atoms with van der Waals surface area (Å²) in [5, 5.41) is 5.65. The minimum Gasteiger partial charge on any atom is -0.444 e. The molecule has 0 aliphatic heterocycles. The van der Waals surface area contributed by atoms with Crippen molar-refractivity contribution in [3.05, 3.63) is 64.5 Å². The zero-order valence-electron chi connectivity index (χ0n) is 12.2. The Hall–Kier alpha value is -1.91. The number of benzene rings is 1. The number of aryl methyl sites for hydroxylation is 1. The number of thiophene rings is 1. The van der Waals surface area contributed by atoms with Gasteiger partial charge >= 0.3 is 0 Å². The normalized spacial score (nSPS) is 12.5. The van der Waals surface area contributed by atoms with Gasteiger partial charge in [-0.25, -0.2) is 4.98 Å². The molecule has 3 rings (SSSR count). The molecule has 2 heterocycles. The van der Waals surface area contributed by atoms with Crippen LogP contribution in [0.25, 0.3) is 11.1 Å². The lowest BCUT2D eigenvalue weighted by molar-refractivity contribution is 0.403. The van der Waals surface area contributed by atoms with E-state index in [0.29, 0.717) is 0 Å². The second-order valence-corrected chi connectivity index (χ2v) is 6.08. The first-order chi connectivity index (χ1) is 10.2. The van der Waals surface area contributed by atoms with Crippen molar-refractivity contribution in [3.63, 3.8) is 0 Å². The molecule has 108 valence electrons. The molecule has 1 aromatic carbocycles. The summed E-state index contributed by atoms with van der Waals surface area (Å²) in [4.78, 5) is 5.56. The maximum Gasteiger partial charge on any atom is 0.211 e. The first-order valence-corrected chi connectivity index (χ1v) is 7.89. The summed E-state index contributed by atoms with van der Waals surface area (Å²) in [6.07, 6.45) is 1.76. The predicted octanol–water partition coefficient (Wildman–Crippen LogP) is 4.56. The molecule has 2 aromatic heterocycles. The van der Waals surface area contributed by atoms with Gasteiger partial charge in [-0.3, -0.25) is 0 Å². The number of nitrogens with zero attached hydrogens (tertiary/aromatic N) is 1. The van der Waals surface area contributed by atoms with Crippen LogP contribution in [0.1, 0.15) is 29.5 Å². The lowest BCUT2D eigenvalue weighted by Crippen LogP contribution is -2.17. The molecule has 3 aromatic rings. The standard InChI is InChI=1S/C17H18N2OS/c1-12-9-19-17(20-12)13(2)18-10-16-8-15(11-21-16)14-6-4-3-5-7-14/h3-9,11,13,18H,10H2,1-2H3. The van der Waals surface area contributed by atoms with Crippen molar-refractivity contribution < 1.29 is 4.42 Å². The van der Waals surface area contributed by atoms with Gasteiger partial charge < -0.3 is 9.73 Å². The highest BCUT2D eigenvalue weighted by molar-refractivity contribution is 7.10. The molecule has 1 unspecified atom stereocenters. The van der Waals surface area contributed by atoms with Crippen molar-refractivity contribution in [2.45, 2.75) is 26.4 Å². The van der Waals surface area contributed by atoms with Gasteiger partial charge in [0.15, 0.2) is 0 Å². The van der Waals surface area contributed by atoms with Crippen LogP contribution in [0.3, 0.4) is 0 Å². The Morgan fingerprint density at radius 1 is 1.24 bits per heavy atom. The topological polar surface area (TPSA) is 38.1 Å². The van der Waals surface area contributed by atoms with E-state index >= 15 is 0 Å². The fourth-order valence-corrected chi connectivity index (χ4v) is 3.01. The summed E-state index contributed by atoms with van der Waals surface area (Å²) in [5.74, 6) is 1.59. The van der Waals surface area contributed by atoms with E-state index in [1.54, 1.807) is 17.5 Å². The Bertz CT molecular complexity index is 702. The van der Waals surface area contributed by atoms with E-state index in [-0.39, 0.29) is 6.04 Å². The summed E-state index contributed by atoms with van der Waals surface area (Å²) in [6.45, 7) is 4.80. The number of hydrogen-bond donors (Lipinski definition) is 1. The fraction of sp³-hybridized carbons (Fsp3) is 0.235. The van der Waals surface area contributed by atoms with Crippen molar-refractivity contribution >= 4 is 11.3 Å². The zero-order valence-corrected chi connectivity index (χ0v) is 13.0. The van der Waals surface area contributed by atoms with Gasteiger partial charge in [-0.2, -0.15) is 0 Å². The molecule has 0 spiro atoms. The van der Waals surface area contributed by atoms with Crippen LogP contribution in [0.4, 0.5) is 0 Å². The van der Waals surface area contributed by atoms with E-state index in [4.69, 9.17) is 4.42 Å². The monoisotopic (exact) mass is 298 g/mol. The molecule has 0 radical (unpaired) electrons. The maximum atomic E-state index is 5.54. The Morgan fingerprint density at radius 2 is 2.05 bits per heavy atom. The van der Waals surface area contributed by atoms with Crippen LogP contribution in [0, 0.1) is 6.92 Å². The number of aromatic nitrogens is 1. The van der Waals surface area contributed by atoms with E-state index in [1.165, 1.54) is 16.0 Å². The van der Waals surface area contributed by atoms with E-state index in [1.807, 2.05) is 13.0 Å². The fourth-order valence-electron chi connectivity index (χ4n) is 2.17. The van der Waals surface area contributed by atoms with Crippen LogP contribution in [-0.2, 0) is 6.54 Å². The van der Waals surface area contributed by atoms with E-state index in [9.17, 15) is 0 Å². The van der Waals surface area contributed by atoms with Crippen LogP contribution in [0.5, 0.6) is 0 Å². The van der Waals surface area contributed by atoms with Gasteiger partial charge in [-0.1, -0.05) is 30.3 Å². The molecule has 1 atom stereocenters.